The van der Waals surface area contributed by atoms with Crippen molar-refractivity contribution in [1.29, 1.82) is 0 Å². The van der Waals surface area contributed by atoms with Gasteiger partial charge in [0.2, 0.25) is 10.0 Å². The predicted octanol–water partition coefficient (Wildman–Crippen LogP) is 1.07. The SMILES string of the molecule is O=C(O)[C@@H]1CCCN1S(=O)(=O)Cc1ccccc1. The number of rotatable bonds is 4. The Balaban J connectivity index is 2.19. The summed E-state index contributed by atoms with van der Waals surface area (Å²) in [6.07, 6.45) is 0.994. The average molecular weight is 269 g/mol. The lowest BCUT2D eigenvalue weighted by molar-refractivity contribution is -0.140. The maximum Gasteiger partial charge on any atom is 0.322 e. The van der Waals surface area contributed by atoms with E-state index in [9.17, 15) is 13.2 Å². The molecule has 18 heavy (non-hydrogen) atoms. The van der Waals surface area contributed by atoms with Gasteiger partial charge < -0.3 is 5.11 Å². The van der Waals surface area contributed by atoms with Gasteiger partial charge >= 0.3 is 5.97 Å². The molecule has 1 aliphatic heterocycles. The average Bonchev–Trinajstić information content (AvgIpc) is 2.79. The Labute approximate surface area is 106 Å². The summed E-state index contributed by atoms with van der Waals surface area (Å²) in [6.45, 7) is 0.298. The van der Waals surface area contributed by atoms with E-state index in [-0.39, 0.29) is 5.75 Å². The first-order valence-electron chi connectivity index (χ1n) is 5.77. The summed E-state index contributed by atoms with van der Waals surface area (Å²) in [7, 11) is -3.55. The number of sulfonamides is 1. The van der Waals surface area contributed by atoms with Gasteiger partial charge in [0, 0.05) is 6.54 Å². The molecule has 0 aliphatic carbocycles. The summed E-state index contributed by atoms with van der Waals surface area (Å²) < 4.78 is 25.5. The van der Waals surface area contributed by atoms with E-state index in [1.54, 1.807) is 24.3 Å². The van der Waals surface area contributed by atoms with Crippen LogP contribution in [0.1, 0.15) is 18.4 Å². The Hall–Kier alpha value is -1.40. The molecule has 1 fully saturated rings. The Bertz CT molecular complexity index is 526. The third-order valence-corrected chi connectivity index (χ3v) is 4.89. The lowest BCUT2D eigenvalue weighted by atomic mass is 10.2. The van der Waals surface area contributed by atoms with E-state index in [1.165, 1.54) is 0 Å². The van der Waals surface area contributed by atoms with Gasteiger partial charge in [-0.1, -0.05) is 30.3 Å². The number of carboxylic acids is 1. The maximum atomic E-state index is 12.2. The summed E-state index contributed by atoms with van der Waals surface area (Å²) in [5.74, 6) is -1.21. The number of hydrogen-bond donors (Lipinski definition) is 1. The van der Waals surface area contributed by atoms with Crippen molar-refractivity contribution in [3.8, 4) is 0 Å². The number of carboxylic acid groups (broad SMARTS) is 1. The fraction of sp³-hybridized carbons (Fsp3) is 0.417. The smallest absolute Gasteiger partial charge is 0.322 e. The molecular weight excluding hydrogens is 254 g/mol. The highest BCUT2D eigenvalue weighted by atomic mass is 32.2. The van der Waals surface area contributed by atoms with Crippen molar-refractivity contribution < 1.29 is 18.3 Å². The molecule has 0 aromatic heterocycles. The predicted molar refractivity (Wildman–Crippen MR) is 66.4 cm³/mol. The minimum Gasteiger partial charge on any atom is -0.480 e. The number of hydrogen-bond acceptors (Lipinski definition) is 3. The minimum absolute atomic E-state index is 0.141. The van der Waals surface area contributed by atoms with E-state index in [2.05, 4.69) is 0 Å². The Morgan fingerprint density at radius 3 is 2.61 bits per heavy atom. The molecule has 0 amide bonds. The molecule has 6 heteroatoms. The van der Waals surface area contributed by atoms with Crippen molar-refractivity contribution in [1.82, 2.24) is 4.31 Å². The van der Waals surface area contributed by atoms with Gasteiger partial charge in [-0.15, -0.1) is 0 Å². The van der Waals surface area contributed by atoms with Gasteiger partial charge in [0.1, 0.15) is 6.04 Å². The third kappa shape index (κ3) is 2.70. The van der Waals surface area contributed by atoms with Gasteiger partial charge in [0.25, 0.3) is 0 Å². The standard InChI is InChI=1S/C12H15NO4S/c14-12(15)11-7-4-8-13(11)18(16,17)9-10-5-2-1-3-6-10/h1-3,5-6,11H,4,7-9H2,(H,14,15)/t11-/m0/s1. The summed E-state index contributed by atoms with van der Waals surface area (Å²) in [5, 5.41) is 9.01. The van der Waals surface area contributed by atoms with Crippen molar-refractivity contribution in [2.45, 2.75) is 24.6 Å². The number of nitrogens with zero attached hydrogens (tertiary/aromatic N) is 1. The van der Waals surface area contributed by atoms with Gasteiger partial charge in [0.15, 0.2) is 0 Å². The summed E-state index contributed by atoms with van der Waals surface area (Å²) in [6, 6.07) is 7.89. The molecule has 0 bridgehead atoms. The van der Waals surface area contributed by atoms with Gasteiger partial charge in [-0.2, -0.15) is 4.31 Å². The van der Waals surface area contributed by atoms with E-state index in [0.717, 1.165) is 4.31 Å². The highest BCUT2D eigenvalue weighted by molar-refractivity contribution is 7.88. The fourth-order valence-corrected chi connectivity index (χ4v) is 3.96. The van der Waals surface area contributed by atoms with E-state index in [0.29, 0.717) is 24.9 Å². The maximum absolute atomic E-state index is 12.2. The minimum atomic E-state index is -3.55. The Kier molecular flexibility index (Phi) is 3.68. The van der Waals surface area contributed by atoms with Crippen LogP contribution in [-0.2, 0) is 20.6 Å². The molecular formula is C12H15NO4S. The first-order chi connectivity index (χ1) is 8.50. The second-order valence-corrected chi connectivity index (χ2v) is 6.27. The quantitative estimate of drug-likeness (QED) is 0.887. The molecule has 0 radical (unpaired) electrons. The third-order valence-electron chi connectivity index (χ3n) is 3.04. The van der Waals surface area contributed by atoms with Crippen LogP contribution in [0.15, 0.2) is 30.3 Å². The normalized spacial score (nSPS) is 21.0. The molecule has 1 N–H and O–H groups in total. The number of aliphatic carboxylic acids is 1. The zero-order valence-electron chi connectivity index (χ0n) is 9.82. The molecule has 0 unspecified atom stereocenters. The Morgan fingerprint density at radius 2 is 2.00 bits per heavy atom. The van der Waals surface area contributed by atoms with Gasteiger partial charge in [0.05, 0.1) is 5.75 Å². The van der Waals surface area contributed by atoms with Crippen LogP contribution in [0.5, 0.6) is 0 Å². The van der Waals surface area contributed by atoms with Crippen molar-refractivity contribution in [2.24, 2.45) is 0 Å². The summed E-state index contributed by atoms with van der Waals surface area (Å²) in [5.41, 5.74) is 0.675. The monoisotopic (exact) mass is 269 g/mol. The van der Waals surface area contributed by atoms with Crippen LogP contribution in [0.2, 0.25) is 0 Å². The van der Waals surface area contributed by atoms with Gasteiger partial charge in [-0.25, -0.2) is 8.42 Å². The van der Waals surface area contributed by atoms with Crippen LogP contribution in [-0.4, -0.2) is 36.4 Å². The first-order valence-corrected chi connectivity index (χ1v) is 7.38. The largest absolute Gasteiger partial charge is 0.480 e. The molecule has 1 heterocycles. The van der Waals surface area contributed by atoms with Crippen molar-refractivity contribution >= 4 is 16.0 Å². The van der Waals surface area contributed by atoms with E-state index < -0.39 is 22.0 Å². The van der Waals surface area contributed by atoms with Crippen LogP contribution in [0, 0.1) is 0 Å². The topological polar surface area (TPSA) is 74.7 Å². The molecule has 1 aliphatic rings. The molecule has 0 spiro atoms. The zero-order chi connectivity index (χ0) is 13.2. The molecule has 1 saturated heterocycles. The van der Waals surface area contributed by atoms with Crippen LogP contribution < -0.4 is 0 Å². The van der Waals surface area contributed by atoms with E-state index in [1.807, 2.05) is 6.07 Å². The summed E-state index contributed by atoms with van der Waals surface area (Å²) in [4.78, 5) is 11.0. The molecule has 0 saturated carbocycles. The lowest BCUT2D eigenvalue weighted by Crippen LogP contribution is -2.40. The van der Waals surface area contributed by atoms with Gasteiger partial charge in [-0.3, -0.25) is 4.79 Å². The van der Waals surface area contributed by atoms with Crippen molar-refractivity contribution in [3.05, 3.63) is 35.9 Å². The number of benzene rings is 1. The molecule has 1 atom stereocenters. The van der Waals surface area contributed by atoms with Crippen molar-refractivity contribution in [2.75, 3.05) is 6.54 Å². The highest BCUT2D eigenvalue weighted by Gasteiger charge is 2.38. The number of carbonyl (C=O) groups is 1. The molecule has 1 aromatic rings. The second kappa shape index (κ2) is 5.07. The van der Waals surface area contributed by atoms with Crippen LogP contribution in [0.25, 0.3) is 0 Å². The lowest BCUT2D eigenvalue weighted by Gasteiger charge is -2.20. The zero-order valence-corrected chi connectivity index (χ0v) is 10.6. The summed E-state index contributed by atoms with van der Waals surface area (Å²) >= 11 is 0. The molecule has 1 aromatic carbocycles. The molecule has 2 rings (SSSR count). The van der Waals surface area contributed by atoms with E-state index >= 15 is 0 Å². The highest BCUT2D eigenvalue weighted by Crippen LogP contribution is 2.23. The van der Waals surface area contributed by atoms with Crippen LogP contribution in [0.3, 0.4) is 0 Å². The second-order valence-electron chi connectivity index (χ2n) is 4.35. The first kappa shape index (κ1) is 13.0. The van der Waals surface area contributed by atoms with Crippen LogP contribution >= 0.6 is 0 Å². The Morgan fingerprint density at radius 1 is 1.33 bits per heavy atom. The molecule has 5 nitrogen and oxygen atoms in total. The molecule has 98 valence electrons. The van der Waals surface area contributed by atoms with Crippen LogP contribution in [0.4, 0.5) is 0 Å². The van der Waals surface area contributed by atoms with Crippen molar-refractivity contribution in [3.63, 3.8) is 0 Å². The van der Waals surface area contributed by atoms with E-state index in [4.69, 9.17) is 5.11 Å². The van der Waals surface area contributed by atoms with Gasteiger partial charge in [-0.05, 0) is 18.4 Å². The fourth-order valence-electron chi connectivity index (χ4n) is 2.19.